The Bertz CT molecular complexity index is 465. The summed E-state index contributed by atoms with van der Waals surface area (Å²) in [7, 11) is 0. The highest BCUT2D eigenvalue weighted by molar-refractivity contribution is 5.95. The Morgan fingerprint density at radius 2 is 2.28 bits per heavy atom. The molecule has 2 rings (SSSR count). The predicted octanol–water partition coefficient (Wildman–Crippen LogP) is 2.18. The average molecular weight is 244 g/mol. The van der Waals surface area contributed by atoms with Crippen LogP contribution in [-0.4, -0.2) is 23.4 Å². The number of nitrogens with two attached hydrogens (primary N) is 1. The third kappa shape index (κ3) is 2.46. The Hall–Kier alpha value is -1.61. The van der Waals surface area contributed by atoms with Gasteiger partial charge in [0.25, 0.3) is 5.91 Å². The van der Waals surface area contributed by atoms with Crippen molar-refractivity contribution in [2.45, 2.75) is 26.4 Å². The first-order valence-corrected chi connectivity index (χ1v) is 6.40. The summed E-state index contributed by atoms with van der Waals surface area (Å²) in [6, 6.07) is 7.79. The molecule has 0 spiro atoms. The third-order valence-corrected chi connectivity index (χ3v) is 3.35. The molecule has 1 heterocycles. The van der Waals surface area contributed by atoms with Gasteiger partial charge >= 0.3 is 0 Å². The minimum Gasteiger partial charge on any atom is -0.328 e. The van der Waals surface area contributed by atoms with Crippen LogP contribution in [0.5, 0.6) is 0 Å². The van der Waals surface area contributed by atoms with Crippen molar-refractivity contribution in [2.24, 2.45) is 11.7 Å². The molecular formula is C15H20N2O. The normalized spacial score (nSPS) is 18.7. The van der Waals surface area contributed by atoms with Gasteiger partial charge in [0.2, 0.25) is 0 Å². The van der Waals surface area contributed by atoms with E-state index in [4.69, 9.17) is 5.73 Å². The average Bonchev–Trinajstić information content (AvgIpc) is 2.87. The van der Waals surface area contributed by atoms with E-state index in [1.54, 1.807) is 0 Å². The Balaban J connectivity index is 2.20. The molecule has 0 aromatic heterocycles. The van der Waals surface area contributed by atoms with Crippen LogP contribution in [0.2, 0.25) is 0 Å². The fraction of sp³-hybridized carbons (Fsp3) is 0.400. The lowest BCUT2D eigenvalue weighted by Crippen LogP contribution is -2.39. The molecule has 1 amide bonds. The highest BCUT2D eigenvalue weighted by atomic mass is 16.2. The van der Waals surface area contributed by atoms with E-state index >= 15 is 0 Å². The summed E-state index contributed by atoms with van der Waals surface area (Å²) in [6.45, 7) is 5.44. The van der Waals surface area contributed by atoms with Crippen molar-refractivity contribution in [3.05, 3.63) is 47.5 Å². The molecule has 3 heteroatoms. The van der Waals surface area contributed by atoms with Gasteiger partial charge in [0.1, 0.15) is 0 Å². The van der Waals surface area contributed by atoms with Gasteiger partial charge in [0.15, 0.2) is 0 Å². The van der Waals surface area contributed by atoms with E-state index in [1.165, 1.54) is 0 Å². The Kier molecular flexibility index (Phi) is 3.82. The largest absolute Gasteiger partial charge is 0.328 e. The van der Waals surface area contributed by atoms with E-state index in [2.05, 4.69) is 26.0 Å². The van der Waals surface area contributed by atoms with Crippen molar-refractivity contribution >= 4 is 5.91 Å². The monoisotopic (exact) mass is 244 g/mol. The van der Waals surface area contributed by atoms with Crippen LogP contribution in [0, 0.1) is 5.92 Å². The lowest BCUT2D eigenvalue weighted by atomic mass is 10.0. The summed E-state index contributed by atoms with van der Waals surface area (Å²) >= 11 is 0. The van der Waals surface area contributed by atoms with Crippen LogP contribution in [0.15, 0.2) is 36.4 Å². The zero-order chi connectivity index (χ0) is 13.1. The molecule has 18 heavy (non-hydrogen) atoms. The molecule has 0 bridgehead atoms. The van der Waals surface area contributed by atoms with Gasteiger partial charge in [-0.05, 0) is 23.6 Å². The maximum Gasteiger partial charge on any atom is 0.254 e. The molecule has 1 aliphatic heterocycles. The molecule has 1 aliphatic rings. The number of hydrogen-bond acceptors (Lipinski definition) is 2. The molecular weight excluding hydrogens is 224 g/mol. The van der Waals surface area contributed by atoms with Crippen LogP contribution in [-0.2, 0) is 6.54 Å². The van der Waals surface area contributed by atoms with E-state index in [1.807, 2.05) is 29.2 Å². The van der Waals surface area contributed by atoms with E-state index in [-0.39, 0.29) is 11.9 Å². The topological polar surface area (TPSA) is 46.3 Å². The lowest BCUT2D eigenvalue weighted by molar-refractivity contribution is 0.0720. The first kappa shape index (κ1) is 12.8. The molecule has 0 fully saturated rings. The third-order valence-electron chi connectivity index (χ3n) is 3.35. The second-order valence-corrected chi connectivity index (χ2v) is 5.02. The minimum absolute atomic E-state index is 0.0917. The Morgan fingerprint density at radius 1 is 1.50 bits per heavy atom. The number of amides is 1. The molecule has 0 aliphatic carbocycles. The molecule has 0 saturated heterocycles. The van der Waals surface area contributed by atoms with Gasteiger partial charge in [-0.25, -0.2) is 0 Å². The van der Waals surface area contributed by atoms with Crippen LogP contribution in [0.25, 0.3) is 0 Å². The molecule has 2 N–H and O–H groups in total. The summed E-state index contributed by atoms with van der Waals surface area (Å²) in [6.07, 6.45) is 4.19. The highest BCUT2D eigenvalue weighted by Crippen LogP contribution is 2.20. The number of carbonyl (C=O) groups is 1. The van der Waals surface area contributed by atoms with Gasteiger partial charge < -0.3 is 10.6 Å². The van der Waals surface area contributed by atoms with Gasteiger partial charge in [-0.1, -0.05) is 38.1 Å². The van der Waals surface area contributed by atoms with Crippen molar-refractivity contribution in [3.8, 4) is 0 Å². The molecule has 1 atom stereocenters. The van der Waals surface area contributed by atoms with Crippen LogP contribution >= 0.6 is 0 Å². The van der Waals surface area contributed by atoms with Crippen LogP contribution in [0.3, 0.4) is 0 Å². The van der Waals surface area contributed by atoms with E-state index in [9.17, 15) is 4.79 Å². The van der Waals surface area contributed by atoms with Gasteiger partial charge in [0.05, 0.1) is 6.04 Å². The molecule has 1 unspecified atom stereocenters. The molecule has 96 valence electrons. The number of nitrogens with zero attached hydrogens (tertiary/aromatic N) is 1. The fourth-order valence-electron chi connectivity index (χ4n) is 2.34. The minimum atomic E-state index is 0.0917. The quantitative estimate of drug-likeness (QED) is 0.828. The highest BCUT2D eigenvalue weighted by Gasteiger charge is 2.27. The maximum atomic E-state index is 12.5. The second kappa shape index (κ2) is 5.36. The van der Waals surface area contributed by atoms with E-state index < -0.39 is 0 Å². The molecule has 1 aromatic rings. The van der Waals surface area contributed by atoms with E-state index in [0.717, 1.165) is 11.1 Å². The zero-order valence-corrected chi connectivity index (χ0v) is 11.0. The Morgan fingerprint density at radius 3 is 2.94 bits per heavy atom. The van der Waals surface area contributed by atoms with Gasteiger partial charge in [-0.15, -0.1) is 0 Å². The summed E-state index contributed by atoms with van der Waals surface area (Å²) in [5.74, 6) is 0.527. The van der Waals surface area contributed by atoms with Crippen molar-refractivity contribution in [2.75, 3.05) is 6.54 Å². The smallest absolute Gasteiger partial charge is 0.254 e. The molecule has 3 nitrogen and oxygen atoms in total. The van der Waals surface area contributed by atoms with Crippen molar-refractivity contribution in [1.29, 1.82) is 0 Å². The predicted molar refractivity (Wildman–Crippen MR) is 73.1 cm³/mol. The summed E-state index contributed by atoms with van der Waals surface area (Å²) in [5, 5.41) is 0. The summed E-state index contributed by atoms with van der Waals surface area (Å²) < 4.78 is 0. The molecule has 0 saturated carbocycles. The van der Waals surface area contributed by atoms with E-state index in [0.29, 0.717) is 19.0 Å². The SMILES string of the molecule is CC(C)C1C=CCN1C(=O)c1cccc(CN)c1. The van der Waals surface area contributed by atoms with Crippen LogP contribution in [0.4, 0.5) is 0 Å². The molecule has 1 aromatic carbocycles. The number of carbonyl (C=O) groups excluding carboxylic acids is 1. The second-order valence-electron chi connectivity index (χ2n) is 5.02. The van der Waals surface area contributed by atoms with Crippen LogP contribution in [0.1, 0.15) is 29.8 Å². The number of rotatable bonds is 3. The van der Waals surface area contributed by atoms with Gasteiger partial charge in [0, 0.05) is 18.7 Å². The van der Waals surface area contributed by atoms with Crippen molar-refractivity contribution in [1.82, 2.24) is 4.90 Å². The fourth-order valence-corrected chi connectivity index (χ4v) is 2.34. The van der Waals surface area contributed by atoms with Gasteiger partial charge in [-0.3, -0.25) is 4.79 Å². The molecule has 0 radical (unpaired) electrons. The summed E-state index contributed by atoms with van der Waals surface area (Å²) in [4.78, 5) is 14.4. The number of benzene rings is 1. The van der Waals surface area contributed by atoms with Crippen molar-refractivity contribution < 1.29 is 4.79 Å². The maximum absolute atomic E-state index is 12.5. The van der Waals surface area contributed by atoms with Crippen LogP contribution < -0.4 is 5.73 Å². The Labute approximate surface area is 108 Å². The van der Waals surface area contributed by atoms with Crippen molar-refractivity contribution in [3.63, 3.8) is 0 Å². The number of hydrogen-bond donors (Lipinski definition) is 1. The first-order valence-electron chi connectivity index (χ1n) is 6.40. The van der Waals surface area contributed by atoms with Gasteiger partial charge in [-0.2, -0.15) is 0 Å². The zero-order valence-electron chi connectivity index (χ0n) is 11.0. The first-order chi connectivity index (χ1) is 8.63. The lowest BCUT2D eigenvalue weighted by Gasteiger charge is -2.27. The standard InChI is InChI=1S/C15H20N2O/c1-11(2)14-7-4-8-17(14)15(18)13-6-3-5-12(9-13)10-16/h3-7,9,11,14H,8,10,16H2,1-2H3. The summed E-state index contributed by atoms with van der Waals surface area (Å²) in [5.41, 5.74) is 7.33.